The van der Waals surface area contributed by atoms with E-state index in [9.17, 15) is 24.6 Å². The van der Waals surface area contributed by atoms with Gasteiger partial charge in [0.1, 0.15) is 5.92 Å². The van der Waals surface area contributed by atoms with E-state index in [1.54, 1.807) is 6.92 Å². The average Bonchev–Trinajstić information content (AvgIpc) is 2.76. The molecule has 0 aromatic heterocycles. The van der Waals surface area contributed by atoms with Gasteiger partial charge in [0.05, 0.1) is 12.0 Å². The van der Waals surface area contributed by atoms with Crippen molar-refractivity contribution >= 4 is 17.3 Å². The summed E-state index contributed by atoms with van der Waals surface area (Å²) in [5.41, 5.74) is -2.14. The summed E-state index contributed by atoms with van der Waals surface area (Å²) in [4.78, 5) is 38.5. The second-order valence-electron chi connectivity index (χ2n) is 8.75. The normalized spacial score (nSPS) is 28.8. The SMILES string of the molecule is CCC(C)C(=O)C1C(=O)[C@H](CCC(C)C)[C@@](O)([C@@H](O)CCC(C)C)C1=O. The minimum Gasteiger partial charge on any atom is -0.390 e. The fourth-order valence-corrected chi connectivity index (χ4v) is 3.68. The number of carbonyl (C=O) groups excluding carboxylic acids is 3. The second-order valence-corrected chi connectivity index (χ2v) is 8.75. The van der Waals surface area contributed by atoms with Crippen LogP contribution < -0.4 is 0 Å². The highest BCUT2D eigenvalue weighted by Crippen LogP contribution is 2.42. The molecule has 0 bridgehead atoms. The zero-order valence-electron chi connectivity index (χ0n) is 17.1. The van der Waals surface area contributed by atoms with E-state index in [1.165, 1.54) is 0 Å². The van der Waals surface area contributed by atoms with Gasteiger partial charge in [0.15, 0.2) is 23.0 Å². The first kappa shape index (κ1) is 23.0. The van der Waals surface area contributed by atoms with Gasteiger partial charge >= 0.3 is 0 Å². The summed E-state index contributed by atoms with van der Waals surface area (Å²) < 4.78 is 0. The summed E-state index contributed by atoms with van der Waals surface area (Å²) >= 11 is 0. The lowest BCUT2D eigenvalue weighted by molar-refractivity contribution is -0.158. The Hall–Kier alpha value is -1.07. The van der Waals surface area contributed by atoms with E-state index in [-0.39, 0.29) is 6.42 Å². The molecule has 0 radical (unpaired) electrons. The topological polar surface area (TPSA) is 91.7 Å². The van der Waals surface area contributed by atoms with Crippen molar-refractivity contribution in [3.8, 4) is 0 Å². The molecule has 0 amide bonds. The molecule has 2 unspecified atom stereocenters. The van der Waals surface area contributed by atoms with Crippen molar-refractivity contribution in [2.45, 2.75) is 85.4 Å². The van der Waals surface area contributed by atoms with Crippen LogP contribution in [-0.4, -0.2) is 39.3 Å². The number of hydrogen-bond acceptors (Lipinski definition) is 5. The number of rotatable bonds is 10. The van der Waals surface area contributed by atoms with E-state index in [2.05, 4.69) is 0 Å². The van der Waals surface area contributed by atoms with Crippen LogP contribution in [0.2, 0.25) is 0 Å². The lowest BCUT2D eigenvalue weighted by Crippen LogP contribution is -2.53. The van der Waals surface area contributed by atoms with Crippen LogP contribution in [0.3, 0.4) is 0 Å². The van der Waals surface area contributed by atoms with Crippen molar-refractivity contribution in [3.05, 3.63) is 0 Å². The maximum absolute atomic E-state index is 13.0. The van der Waals surface area contributed by atoms with Crippen LogP contribution in [0, 0.1) is 29.6 Å². The van der Waals surface area contributed by atoms with Crippen LogP contribution in [0.4, 0.5) is 0 Å². The molecule has 0 spiro atoms. The first-order valence-electron chi connectivity index (χ1n) is 10.0. The first-order chi connectivity index (χ1) is 12.0. The minimum atomic E-state index is -2.14. The van der Waals surface area contributed by atoms with Crippen LogP contribution in [-0.2, 0) is 14.4 Å². The maximum Gasteiger partial charge on any atom is 0.185 e. The van der Waals surface area contributed by atoms with Gasteiger partial charge < -0.3 is 10.2 Å². The van der Waals surface area contributed by atoms with Gasteiger partial charge in [-0.05, 0) is 37.5 Å². The Labute approximate surface area is 157 Å². The Balaban J connectivity index is 3.21. The van der Waals surface area contributed by atoms with Gasteiger partial charge in [-0.25, -0.2) is 0 Å². The van der Waals surface area contributed by atoms with Crippen molar-refractivity contribution in [2.75, 3.05) is 0 Å². The van der Waals surface area contributed by atoms with Crippen LogP contribution >= 0.6 is 0 Å². The summed E-state index contributed by atoms with van der Waals surface area (Å²) in [6, 6.07) is 0. The predicted molar refractivity (Wildman–Crippen MR) is 101 cm³/mol. The first-order valence-corrected chi connectivity index (χ1v) is 10.0. The Morgan fingerprint density at radius 3 is 2.04 bits per heavy atom. The average molecular weight is 369 g/mol. The molecule has 1 fully saturated rings. The molecule has 0 saturated heterocycles. The van der Waals surface area contributed by atoms with Gasteiger partial charge in [0.2, 0.25) is 0 Å². The zero-order valence-corrected chi connectivity index (χ0v) is 17.1. The Morgan fingerprint density at radius 1 is 1.04 bits per heavy atom. The summed E-state index contributed by atoms with van der Waals surface area (Å²) in [5.74, 6) is -3.99. The number of Topliss-reactive ketones (excluding diaryl/α,β-unsaturated/α-hetero) is 3. The molecule has 0 aliphatic heterocycles. The number of ketones is 3. The van der Waals surface area contributed by atoms with Gasteiger partial charge in [-0.2, -0.15) is 0 Å². The lowest BCUT2D eigenvalue weighted by atomic mass is 9.78. The summed E-state index contributed by atoms with van der Waals surface area (Å²) in [5, 5.41) is 21.8. The molecule has 1 saturated carbocycles. The van der Waals surface area contributed by atoms with E-state index in [4.69, 9.17) is 0 Å². The van der Waals surface area contributed by atoms with Gasteiger partial charge in [-0.3, -0.25) is 14.4 Å². The molecule has 150 valence electrons. The van der Waals surface area contributed by atoms with Crippen LogP contribution in [0.15, 0.2) is 0 Å². The largest absolute Gasteiger partial charge is 0.390 e. The van der Waals surface area contributed by atoms with E-state index in [0.717, 1.165) is 0 Å². The van der Waals surface area contributed by atoms with Crippen molar-refractivity contribution < 1.29 is 24.6 Å². The molecule has 5 atom stereocenters. The molecule has 26 heavy (non-hydrogen) atoms. The van der Waals surface area contributed by atoms with E-state index in [1.807, 2.05) is 34.6 Å². The highest BCUT2D eigenvalue weighted by molar-refractivity contribution is 6.27. The molecule has 0 aromatic rings. The predicted octanol–water partition coefficient (Wildman–Crippen LogP) is 2.95. The summed E-state index contributed by atoms with van der Waals surface area (Å²) in [7, 11) is 0. The van der Waals surface area contributed by atoms with Gasteiger partial charge in [0, 0.05) is 5.92 Å². The van der Waals surface area contributed by atoms with E-state index >= 15 is 0 Å². The molecular formula is C21H36O5. The standard InChI is InChI=1S/C21H36O5/c1-7-14(6)18(23)17-19(24)15(10-8-12(2)3)21(26,20(17)25)16(22)11-9-13(4)5/h12-17,22,26H,7-11H2,1-6H3/t14?,15-,16-,17?,21+/m0/s1. The number of aliphatic hydroxyl groups excluding tert-OH is 1. The molecule has 5 heteroatoms. The Kier molecular flexibility index (Phi) is 8.15. The third-order valence-electron chi connectivity index (χ3n) is 5.76. The van der Waals surface area contributed by atoms with Crippen molar-refractivity contribution in [3.63, 3.8) is 0 Å². The highest BCUT2D eigenvalue weighted by atomic mass is 16.4. The number of hydrogen-bond donors (Lipinski definition) is 2. The summed E-state index contributed by atoms with van der Waals surface area (Å²) in [6.45, 7) is 11.5. The second kappa shape index (κ2) is 9.23. The van der Waals surface area contributed by atoms with E-state index < -0.39 is 46.8 Å². The molecule has 0 aromatic carbocycles. The third-order valence-corrected chi connectivity index (χ3v) is 5.76. The van der Waals surface area contributed by atoms with Crippen molar-refractivity contribution in [2.24, 2.45) is 29.6 Å². The highest BCUT2D eigenvalue weighted by Gasteiger charge is 2.64. The van der Waals surface area contributed by atoms with Crippen molar-refractivity contribution in [1.29, 1.82) is 0 Å². The third kappa shape index (κ3) is 4.61. The van der Waals surface area contributed by atoms with Gasteiger partial charge in [0.25, 0.3) is 0 Å². The Bertz CT molecular complexity index is 524. The fraction of sp³-hybridized carbons (Fsp3) is 0.857. The van der Waals surface area contributed by atoms with Gasteiger partial charge in [-0.1, -0.05) is 48.0 Å². The molecule has 0 heterocycles. The molecular weight excluding hydrogens is 332 g/mol. The van der Waals surface area contributed by atoms with Crippen molar-refractivity contribution in [1.82, 2.24) is 0 Å². The number of carbonyl (C=O) groups is 3. The Morgan fingerprint density at radius 2 is 1.58 bits per heavy atom. The fourth-order valence-electron chi connectivity index (χ4n) is 3.68. The molecule has 2 N–H and O–H groups in total. The maximum atomic E-state index is 13.0. The zero-order chi connectivity index (χ0) is 20.2. The monoisotopic (exact) mass is 368 g/mol. The van der Waals surface area contributed by atoms with E-state index in [0.29, 0.717) is 37.5 Å². The van der Waals surface area contributed by atoms with Crippen LogP contribution in [0.5, 0.6) is 0 Å². The molecule has 5 nitrogen and oxygen atoms in total. The number of aliphatic hydroxyl groups is 2. The summed E-state index contributed by atoms with van der Waals surface area (Å²) in [6.07, 6.45) is 1.02. The minimum absolute atomic E-state index is 0.232. The quantitative estimate of drug-likeness (QED) is 0.579. The smallest absolute Gasteiger partial charge is 0.185 e. The van der Waals surface area contributed by atoms with Crippen LogP contribution in [0.1, 0.15) is 73.6 Å². The molecule has 1 aliphatic rings. The van der Waals surface area contributed by atoms with Crippen LogP contribution in [0.25, 0.3) is 0 Å². The lowest BCUT2D eigenvalue weighted by Gasteiger charge is -2.33. The van der Waals surface area contributed by atoms with Gasteiger partial charge in [-0.15, -0.1) is 0 Å². The molecule has 1 rings (SSSR count). The molecule has 1 aliphatic carbocycles.